The van der Waals surface area contributed by atoms with Crippen LogP contribution in [-0.4, -0.2) is 15.8 Å². The van der Waals surface area contributed by atoms with Crippen LogP contribution in [-0.2, 0) is 13.1 Å². The van der Waals surface area contributed by atoms with Crippen LogP contribution in [0, 0.1) is 0 Å². The van der Waals surface area contributed by atoms with Gasteiger partial charge in [-0.3, -0.25) is 4.68 Å². The zero-order valence-corrected chi connectivity index (χ0v) is 12.3. The third-order valence-electron chi connectivity index (χ3n) is 2.77. The molecule has 0 spiro atoms. The fraction of sp³-hybridized carbons (Fsp3) is 0.357. The summed E-state index contributed by atoms with van der Waals surface area (Å²) in [6.45, 7) is 5.94. The van der Waals surface area contributed by atoms with E-state index in [9.17, 15) is 0 Å². The maximum Gasteiger partial charge on any atom is 0.0674 e. The lowest BCUT2D eigenvalue weighted by atomic mass is 10.2. The highest BCUT2D eigenvalue weighted by Gasteiger charge is 2.05. The average molecular weight is 308 g/mol. The van der Waals surface area contributed by atoms with Crippen LogP contribution >= 0.6 is 15.9 Å². The number of hydrogen-bond donors (Lipinski definition) is 1. The van der Waals surface area contributed by atoms with Gasteiger partial charge in [0.05, 0.1) is 12.2 Å². The van der Waals surface area contributed by atoms with E-state index >= 15 is 0 Å². The molecule has 18 heavy (non-hydrogen) atoms. The molecule has 96 valence electrons. The van der Waals surface area contributed by atoms with Crippen molar-refractivity contribution < 1.29 is 0 Å². The van der Waals surface area contributed by atoms with E-state index in [1.54, 1.807) is 0 Å². The third-order valence-corrected chi connectivity index (χ3v) is 3.55. The quantitative estimate of drug-likeness (QED) is 0.919. The average Bonchev–Trinajstić information content (AvgIpc) is 2.77. The van der Waals surface area contributed by atoms with E-state index < -0.39 is 0 Å². The van der Waals surface area contributed by atoms with Gasteiger partial charge in [-0.1, -0.05) is 48.0 Å². The number of halogens is 1. The van der Waals surface area contributed by atoms with Crippen molar-refractivity contribution in [1.29, 1.82) is 0 Å². The molecule has 0 radical (unpaired) electrons. The Morgan fingerprint density at radius 1 is 1.28 bits per heavy atom. The molecule has 2 aromatic rings. The van der Waals surface area contributed by atoms with Gasteiger partial charge < -0.3 is 5.32 Å². The molecule has 0 fully saturated rings. The van der Waals surface area contributed by atoms with Gasteiger partial charge in [0, 0.05) is 23.3 Å². The second-order valence-electron chi connectivity index (χ2n) is 4.61. The van der Waals surface area contributed by atoms with Crippen molar-refractivity contribution in [3.8, 4) is 0 Å². The summed E-state index contributed by atoms with van der Waals surface area (Å²) in [6, 6.07) is 10.8. The SMILES string of the molecule is CC(C)NCc1ccnn1Cc1ccccc1Br. The molecule has 0 aliphatic heterocycles. The highest BCUT2D eigenvalue weighted by molar-refractivity contribution is 9.10. The fourth-order valence-corrected chi connectivity index (χ4v) is 2.16. The van der Waals surface area contributed by atoms with E-state index in [4.69, 9.17) is 0 Å². The summed E-state index contributed by atoms with van der Waals surface area (Å²) in [5.74, 6) is 0. The van der Waals surface area contributed by atoms with Crippen molar-refractivity contribution in [2.24, 2.45) is 0 Å². The van der Waals surface area contributed by atoms with Crippen molar-refractivity contribution in [2.75, 3.05) is 0 Å². The summed E-state index contributed by atoms with van der Waals surface area (Å²) in [7, 11) is 0. The lowest BCUT2D eigenvalue weighted by Gasteiger charge is -2.11. The zero-order valence-electron chi connectivity index (χ0n) is 10.7. The number of nitrogens with zero attached hydrogens (tertiary/aromatic N) is 2. The first-order valence-corrected chi connectivity index (χ1v) is 6.93. The molecule has 0 bridgehead atoms. The number of rotatable bonds is 5. The standard InChI is InChI=1S/C14H18BrN3/c1-11(2)16-9-13-7-8-17-18(13)10-12-5-3-4-6-14(12)15/h3-8,11,16H,9-10H2,1-2H3. The largest absolute Gasteiger partial charge is 0.309 e. The van der Waals surface area contributed by atoms with Gasteiger partial charge in [0.2, 0.25) is 0 Å². The lowest BCUT2D eigenvalue weighted by Crippen LogP contribution is -2.23. The Morgan fingerprint density at radius 3 is 2.78 bits per heavy atom. The lowest BCUT2D eigenvalue weighted by molar-refractivity contribution is 0.547. The predicted octanol–water partition coefficient (Wildman–Crippen LogP) is 3.19. The Balaban J connectivity index is 2.10. The number of nitrogens with one attached hydrogen (secondary N) is 1. The van der Waals surface area contributed by atoms with Gasteiger partial charge in [0.15, 0.2) is 0 Å². The first-order chi connectivity index (χ1) is 8.66. The molecule has 0 unspecified atom stereocenters. The highest BCUT2D eigenvalue weighted by atomic mass is 79.9. The molecule has 1 heterocycles. The molecule has 0 saturated heterocycles. The van der Waals surface area contributed by atoms with E-state index in [1.165, 1.54) is 11.3 Å². The summed E-state index contributed by atoms with van der Waals surface area (Å²) < 4.78 is 3.17. The minimum absolute atomic E-state index is 0.483. The van der Waals surface area contributed by atoms with Crippen molar-refractivity contribution in [2.45, 2.75) is 33.0 Å². The Labute approximate surface area is 116 Å². The molecule has 4 heteroatoms. The van der Waals surface area contributed by atoms with Gasteiger partial charge >= 0.3 is 0 Å². The summed E-state index contributed by atoms with van der Waals surface area (Å²) in [5.41, 5.74) is 2.45. The van der Waals surface area contributed by atoms with Crippen LogP contribution in [0.3, 0.4) is 0 Å². The first-order valence-electron chi connectivity index (χ1n) is 6.14. The zero-order chi connectivity index (χ0) is 13.0. The topological polar surface area (TPSA) is 29.9 Å². The van der Waals surface area contributed by atoms with Crippen LogP contribution in [0.1, 0.15) is 25.1 Å². The van der Waals surface area contributed by atoms with Crippen molar-refractivity contribution >= 4 is 15.9 Å². The van der Waals surface area contributed by atoms with E-state index in [0.717, 1.165) is 17.6 Å². The van der Waals surface area contributed by atoms with Crippen LogP contribution in [0.4, 0.5) is 0 Å². The minimum atomic E-state index is 0.483. The fourth-order valence-electron chi connectivity index (χ4n) is 1.75. The van der Waals surface area contributed by atoms with Crippen molar-refractivity contribution in [3.05, 3.63) is 52.3 Å². The van der Waals surface area contributed by atoms with Crippen LogP contribution < -0.4 is 5.32 Å². The minimum Gasteiger partial charge on any atom is -0.309 e. The molecular weight excluding hydrogens is 290 g/mol. The number of aromatic nitrogens is 2. The van der Waals surface area contributed by atoms with Gasteiger partial charge in [0.1, 0.15) is 0 Å². The second-order valence-corrected chi connectivity index (χ2v) is 5.46. The first kappa shape index (κ1) is 13.3. The molecule has 0 amide bonds. The molecule has 1 aromatic carbocycles. The molecule has 0 saturated carbocycles. The Hall–Kier alpha value is -1.13. The Bertz CT molecular complexity index is 505. The van der Waals surface area contributed by atoms with Crippen LogP contribution in [0.15, 0.2) is 41.0 Å². The highest BCUT2D eigenvalue weighted by Crippen LogP contribution is 2.17. The van der Waals surface area contributed by atoms with Gasteiger partial charge in [-0.05, 0) is 17.7 Å². The number of hydrogen-bond acceptors (Lipinski definition) is 2. The van der Waals surface area contributed by atoms with Gasteiger partial charge in [-0.2, -0.15) is 5.10 Å². The summed E-state index contributed by atoms with van der Waals surface area (Å²) >= 11 is 3.57. The number of benzene rings is 1. The van der Waals surface area contributed by atoms with Gasteiger partial charge in [0.25, 0.3) is 0 Å². The molecule has 1 N–H and O–H groups in total. The Morgan fingerprint density at radius 2 is 2.06 bits per heavy atom. The normalized spacial score (nSPS) is 11.1. The third kappa shape index (κ3) is 3.43. The monoisotopic (exact) mass is 307 g/mol. The molecular formula is C14H18BrN3. The maximum atomic E-state index is 4.39. The second kappa shape index (κ2) is 6.16. The smallest absolute Gasteiger partial charge is 0.0674 e. The molecule has 3 nitrogen and oxygen atoms in total. The van der Waals surface area contributed by atoms with Crippen LogP contribution in [0.5, 0.6) is 0 Å². The van der Waals surface area contributed by atoms with E-state index in [2.05, 4.69) is 64.5 Å². The summed E-state index contributed by atoms with van der Waals surface area (Å²) in [6.07, 6.45) is 1.86. The van der Waals surface area contributed by atoms with E-state index in [0.29, 0.717) is 6.04 Å². The molecule has 2 rings (SSSR count). The van der Waals surface area contributed by atoms with E-state index in [-0.39, 0.29) is 0 Å². The summed E-state index contributed by atoms with van der Waals surface area (Å²) in [5, 5.41) is 7.80. The van der Waals surface area contributed by atoms with Crippen LogP contribution in [0.25, 0.3) is 0 Å². The molecule has 1 aromatic heterocycles. The van der Waals surface area contributed by atoms with E-state index in [1.807, 2.05) is 16.9 Å². The van der Waals surface area contributed by atoms with Gasteiger partial charge in [-0.15, -0.1) is 0 Å². The van der Waals surface area contributed by atoms with Crippen molar-refractivity contribution in [3.63, 3.8) is 0 Å². The van der Waals surface area contributed by atoms with Gasteiger partial charge in [-0.25, -0.2) is 0 Å². The predicted molar refractivity (Wildman–Crippen MR) is 77.4 cm³/mol. The molecule has 0 atom stereocenters. The Kier molecular flexibility index (Phi) is 4.55. The molecule has 0 aliphatic carbocycles. The molecule has 0 aliphatic rings. The maximum absolute atomic E-state index is 4.39. The van der Waals surface area contributed by atoms with Crippen molar-refractivity contribution in [1.82, 2.24) is 15.1 Å². The summed E-state index contributed by atoms with van der Waals surface area (Å²) in [4.78, 5) is 0. The van der Waals surface area contributed by atoms with Crippen LogP contribution in [0.2, 0.25) is 0 Å².